The third-order valence-electron chi connectivity index (χ3n) is 5.85. The number of aryl methyl sites for hydroxylation is 1. The molecular formula is C20H25N7O. The van der Waals surface area contributed by atoms with Crippen LogP contribution in [0.2, 0.25) is 0 Å². The molecular weight excluding hydrogens is 354 g/mol. The van der Waals surface area contributed by atoms with Crippen LogP contribution in [0.5, 0.6) is 0 Å². The molecule has 0 saturated carbocycles. The molecule has 1 aromatic carbocycles. The van der Waals surface area contributed by atoms with E-state index in [-0.39, 0.29) is 11.9 Å². The molecule has 2 aromatic heterocycles. The minimum absolute atomic E-state index is 0.0589. The van der Waals surface area contributed by atoms with Gasteiger partial charge in [0.05, 0.1) is 11.7 Å². The minimum Gasteiger partial charge on any atom is -0.399 e. The second kappa shape index (κ2) is 6.20. The predicted molar refractivity (Wildman–Crippen MR) is 110 cm³/mol. The smallest absolute Gasteiger partial charge is 0.259 e. The number of nitrogens with two attached hydrogens (primary N) is 3. The van der Waals surface area contributed by atoms with E-state index < -0.39 is 5.54 Å². The highest BCUT2D eigenvalue weighted by Gasteiger charge is 2.42. The normalized spacial score (nSPS) is 18.7. The van der Waals surface area contributed by atoms with E-state index in [0.717, 1.165) is 23.1 Å². The van der Waals surface area contributed by atoms with Crippen molar-refractivity contribution in [1.29, 1.82) is 0 Å². The predicted octanol–water partition coefficient (Wildman–Crippen LogP) is 1.82. The fourth-order valence-electron chi connectivity index (χ4n) is 3.91. The van der Waals surface area contributed by atoms with E-state index in [2.05, 4.69) is 10.1 Å². The third-order valence-corrected chi connectivity index (χ3v) is 5.85. The monoisotopic (exact) mass is 379 g/mol. The van der Waals surface area contributed by atoms with Crippen LogP contribution in [0.1, 0.15) is 36.2 Å². The Morgan fingerprint density at radius 2 is 1.96 bits per heavy atom. The highest BCUT2D eigenvalue weighted by Crippen LogP contribution is 2.32. The van der Waals surface area contributed by atoms with Crippen molar-refractivity contribution in [3.8, 4) is 11.1 Å². The number of anilines is 2. The molecule has 0 spiro atoms. The van der Waals surface area contributed by atoms with E-state index in [4.69, 9.17) is 17.2 Å². The van der Waals surface area contributed by atoms with Crippen LogP contribution in [0, 0.1) is 6.92 Å². The van der Waals surface area contributed by atoms with Crippen LogP contribution in [0.4, 0.5) is 11.5 Å². The van der Waals surface area contributed by atoms with Crippen LogP contribution < -0.4 is 17.2 Å². The van der Waals surface area contributed by atoms with Crippen molar-refractivity contribution in [3.05, 3.63) is 41.7 Å². The number of aromatic nitrogens is 3. The fraction of sp³-hybridized carbons (Fsp3) is 0.350. The second-order valence-electron chi connectivity index (χ2n) is 7.93. The molecule has 1 saturated heterocycles. The molecule has 1 atom stereocenters. The number of nitrogens with zero attached hydrogens (tertiary/aromatic N) is 4. The zero-order valence-electron chi connectivity index (χ0n) is 16.3. The maximum absolute atomic E-state index is 13.2. The molecule has 1 aliphatic rings. The Morgan fingerprint density at radius 1 is 1.21 bits per heavy atom. The van der Waals surface area contributed by atoms with E-state index >= 15 is 0 Å². The lowest BCUT2D eigenvalue weighted by atomic mass is 9.96. The standard InChI is InChI=1S/C20H25N7O/c1-11-8-12(21)4-5-13(11)14-9-24-18-15(10-25-27(18)17(14)23)19(28)26-7-6-16(22)20(26,2)3/h4-5,8-10,16H,6-7,21-23H2,1-3H3. The van der Waals surface area contributed by atoms with Gasteiger partial charge in [-0.25, -0.2) is 4.98 Å². The van der Waals surface area contributed by atoms with Gasteiger partial charge in [-0.1, -0.05) is 6.07 Å². The van der Waals surface area contributed by atoms with Crippen LogP contribution in [0.3, 0.4) is 0 Å². The maximum atomic E-state index is 13.2. The van der Waals surface area contributed by atoms with Gasteiger partial charge in [-0.2, -0.15) is 9.61 Å². The number of fused-ring (bicyclic) bond motifs is 1. The fourth-order valence-corrected chi connectivity index (χ4v) is 3.91. The van der Waals surface area contributed by atoms with Gasteiger partial charge in [0.25, 0.3) is 5.91 Å². The van der Waals surface area contributed by atoms with Crippen molar-refractivity contribution in [2.45, 2.75) is 38.8 Å². The van der Waals surface area contributed by atoms with Crippen molar-refractivity contribution >= 4 is 23.1 Å². The zero-order chi connectivity index (χ0) is 20.2. The molecule has 8 heteroatoms. The Bertz CT molecular complexity index is 1090. The van der Waals surface area contributed by atoms with E-state index in [1.807, 2.05) is 39.0 Å². The van der Waals surface area contributed by atoms with Crippen LogP contribution in [0.25, 0.3) is 16.8 Å². The molecule has 8 nitrogen and oxygen atoms in total. The van der Waals surface area contributed by atoms with Gasteiger partial charge in [-0.15, -0.1) is 0 Å². The highest BCUT2D eigenvalue weighted by molar-refractivity contribution is 6.00. The Balaban J connectivity index is 1.78. The van der Waals surface area contributed by atoms with Gasteiger partial charge in [0.15, 0.2) is 5.65 Å². The molecule has 1 fully saturated rings. The number of amides is 1. The molecule has 146 valence electrons. The quantitative estimate of drug-likeness (QED) is 0.583. The van der Waals surface area contributed by atoms with Crippen molar-refractivity contribution in [2.75, 3.05) is 18.0 Å². The van der Waals surface area contributed by atoms with Crippen molar-refractivity contribution in [2.24, 2.45) is 5.73 Å². The lowest BCUT2D eigenvalue weighted by molar-refractivity contribution is 0.0639. The van der Waals surface area contributed by atoms with Gasteiger partial charge < -0.3 is 22.1 Å². The first-order valence-corrected chi connectivity index (χ1v) is 9.28. The summed E-state index contributed by atoms with van der Waals surface area (Å²) in [6, 6.07) is 5.56. The largest absolute Gasteiger partial charge is 0.399 e. The average Bonchev–Trinajstić information content (AvgIpc) is 3.18. The minimum atomic E-state index is -0.419. The number of benzene rings is 1. The number of rotatable bonds is 2. The lowest BCUT2D eigenvalue weighted by Crippen LogP contribution is -2.51. The number of nitrogen functional groups attached to an aromatic ring is 2. The van der Waals surface area contributed by atoms with Crippen LogP contribution in [-0.2, 0) is 0 Å². The average molecular weight is 379 g/mol. The number of hydrogen-bond acceptors (Lipinski definition) is 6. The van der Waals surface area contributed by atoms with Crippen molar-refractivity contribution in [1.82, 2.24) is 19.5 Å². The van der Waals surface area contributed by atoms with Crippen LogP contribution in [0.15, 0.2) is 30.6 Å². The summed E-state index contributed by atoms with van der Waals surface area (Å²) in [5, 5.41) is 4.34. The van der Waals surface area contributed by atoms with Gasteiger partial charge in [-0.05, 0) is 50.5 Å². The molecule has 3 aromatic rings. The first-order valence-electron chi connectivity index (χ1n) is 9.28. The second-order valence-corrected chi connectivity index (χ2v) is 7.93. The number of carbonyl (C=O) groups is 1. The topological polar surface area (TPSA) is 129 Å². The van der Waals surface area contributed by atoms with Gasteiger partial charge >= 0.3 is 0 Å². The summed E-state index contributed by atoms with van der Waals surface area (Å²) < 4.78 is 1.52. The van der Waals surface area contributed by atoms with E-state index in [1.165, 1.54) is 10.7 Å². The molecule has 0 aliphatic carbocycles. The number of hydrogen-bond donors (Lipinski definition) is 3. The number of carbonyl (C=O) groups excluding carboxylic acids is 1. The molecule has 1 amide bonds. The summed E-state index contributed by atoms with van der Waals surface area (Å²) in [5.41, 5.74) is 22.2. The summed E-state index contributed by atoms with van der Waals surface area (Å²) in [4.78, 5) is 19.5. The first-order chi connectivity index (χ1) is 13.2. The number of likely N-dealkylation sites (tertiary alicyclic amines) is 1. The van der Waals surface area contributed by atoms with Crippen molar-refractivity contribution < 1.29 is 4.79 Å². The first kappa shape index (κ1) is 18.2. The molecule has 28 heavy (non-hydrogen) atoms. The van der Waals surface area contributed by atoms with Crippen molar-refractivity contribution in [3.63, 3.8) is 0 Å². The summed E-state index contributed by atoms with van der Waals surface area (Å²) in [7, 11) is 0. The van der Waals surface area contributed by atoms with E-state index in [9.17, 15) is 4.79 Å². The molecule has 1 aliphatic heterocycles. The summed E-state index contributed by atoms with van der Waals surface area (Å²) in [6.45, 7) is 6.55. The summed E-state index contributed by atoms with van der Waals surface area (Å²) >= 11 is 0. The molecule has 0 radical (unpaired) electrons. The van der Waals surface area contributed by atoms with E-state index in [1.54, 1.807) is 11.1 Å². The molecule has 4 rings (SSSR count). The summed E-state index contributed by atoms with van der Waals surface area (Å²) in [5.74, 6) is 0.297. The van der Waals surface area contributed by atoms with Gasteiger partial charge in [0.1, 0.15) is 11.4 Å². The van der Waals surface area contributed by atoms with Gasteiger partial charge in [0.2, 0.25) is 0 Å². The third kappa shape index (κ3) is 2.60. The Morgan fingerprint density at radius 3 is 2.61 bits per heavy atom. The van der Waals surface area contributed by atoms with E-state index in [0.29, 0.717) is 29.3 Å². The molecule has 1 unspecified atom stereocenters. The molecule has 0 bridgehead atoms. The SMILES string of the molecule is Cc1cc(N)ccc1-c1cnc2c(C(=O)N3CCC(N)C3(C)C)cnn2c1N. The Kier molecular flexibility index (Phi) is 4.04. The molecule has 6 N–H and O–H groups in total. The maximum Gasteiger partial charge on any atom is 0.259 e. The molecule has 3 heterocycles. The van der Waals surface area contributed by atoms with Crippen LogP contribution >= 0.6 is 0 Å². The Labute approximate surface area is 163 Å². The van der Waals surface area contributed by atoms with Crippen LogP contribution in [-0.4, -0.2) is 43.5 Å². The summed E-state index contributed by atoms with van der Waals surface area (Å²) in [6.07, 6.45) is 3.98. The zero-order valence-corrected chi connectivity index (χ0v) is 16.3. The van der Waals surface area contributed by atoms with Gasteiger partial charge in [0, 0.05) is 30.0 Å². The lowest BCUT2D eigenvalue weighted by Gasteiger charge is -2.34. The van der Waals surface area contributed by atoms with Gasteiger partial charge in [-0.3, -0.25) is 4.79 Å². The highest BCUT2D eigenvalue weighted by atomic mass is 16.2. The Hall–Kier alpha value is -3.13.